The highest BCUT2D eigenvalue weighted by Crippen LogP contribution is 2.41. The molecule has 1 unspecified atom stereocenters. The molecule has 0 fully saturated rings. The summed E-state index contributed by atoms with van der Waals surface area (Å²) in [5.41, 5.74) is 2.46. The van der Waals surface area contributed by atoms with E-state index in [1.807, 2.05) is 0 Å². The fourth-order valence-corrected chi connectivity index (χ4v) is 3.48. The van der Waals surface area contributed by atoms with Gasteiger partial charge in [0.1, 0.15) is 0 Å². The quantitative estimate of drug-likeness (QED) is 0.876. The Labute approximate surface area is 126 Å². The summed E-state index contributed by atoms with van der Waals surface area (Å²) in [5, 5.41) is 10.9. The number of carboxylic acids is 1. The predicted octanol–water partition coefficient (Wildman–Crippen LogP) is 4.68. The highest BCUT2D eigenvalue weighted by molar-refractivity contribution is 6.41. The van der Waals surface area contributed by atoms with Gasteiger partial charge >= 0.3 is 5.97 Å². The first-order chi connectivity index (χ1) is 9.54. The van der Waals surface area contributed by atoms with E-state index in [-0.39, 0.29) is 5.56 Å². The Bertz CT molecular complexity index is 728. The van der Waals surface area contributed by atoms with Gasteiger partial charge in [-0.05, 0) is 37.0 Å². The summed E-state index contributed by atoms with van der Waals surface area (Å²) in [6.45, 7) is 2.09. The zero-order valence-corrected chi connectivity index (χ0v) is 12.4. The number of pyridine rings is 1. The van der Waals surface area contributed by atoms with Gasteiger partial charge in [-0.15, -0.1) is 0 Å². The van der Waals surface area contributed by atoms with E-state index in [1.165, 1.54) is 0 Å². The molecule has 1 N–H and O–H groups in total. The molecule has 1 atom stereocenters. The van der Waals surface area contributed by atoms with E-state index in [9.17, 15) is 9.90 Å². The number of carboxylic acid groups (broad SMARTS) is 1. The largest absolute Gasteiger partial charge is 0.478 e. The molecule has 1 aromatic heterocycles. The number of rotatable bonds is 2. The van der Waals surface area contributed by atoms with E-state index in [0.717, 1.165) is 30.5 Å². The van der Waals surface area contributed by atoms with Crippen LogP contribution >= 0.6 is 23.2 Å². The molecule has 0 saturated carbocycles. The van der Waals surface area contributed by atoms with Crippen molar-refractivity contribution in [2.24, 2.45) is 0 Å². The summed E-state index contributed by atoms with van der Waals surface area (Å²) >= 11 is 12.4. The molecule has 0 radical (unpaired) electrons. The van der Waals surface area contributed by atoms with Crippen LogP contribution in [0.15, 0.2) is 12.1 Å². The van der Waals surface area contributed by atoms with Gasteiger partial charge in [0.05, 0.1) is 21.1 Å². The number of nitrogens with zero attached hydrogens (tertiary/aromatic N) is 1. The average Bonchev–Trinajstić information content (AvgIpc) is 2.83. The molecular formula is C15H13Cl2NO2. The van der Waals surface area contributed by atoms with Crippen LogP contribution in [0.5, 0.6) is 0 Å². The molecule has 0 aliphatic heterocycles. The van der Waals surface area contributed by atoms with E-state index >= 15 is 0 Å². The SMILES string of the molecule is CCC1CCc2c1nc1c(Cl)ccc(Cl)c1c2C(=O)O. The summed E-state index contributed by atoms with van der Waals surface area (Å²) in [5.74, 6) is -0.655. The number of fused-ring (bicyclic) bond motifs is 2. The fraction of sp³-hybridized carbons (Fsp3) is 0.333. The summed E-state index contributed by atoms with van der Waals surface area (Å²) in [4.78, 5) is 16.3. The van der Waals surface area contributed by atoms with Crippen LogP contribution < -0.4 is 0 Å². The normalized spacial score (nSPS) is 17.4. The second kappa shape index (κ2) is 4.90. The summed E-state index contributed by atoms with van der Waals surface area (Å²) < 4.78 is 0. The Kier molecular flexibility index (Phi) is 3.35. The van der Waals surface area contributed by atoms with Crippen molar-refractivity contribution >= 4 is 40.1 Å². The lowest BCUT2D eigenvalue weighted by Crippen LogP contribution is -2.07. The number of aromatic nitrogens is 1. The van der Waals surface area contributed by atoms with Crippen molar-refractivity contribution in [1.29, 1.82) is 0 Å². The minimum atomic E-state index is -0.963. The van der Waals surface area contributed by atoms with Gasteiger partial charge in [0.25, 0.3) is 0 Å². The van der Waals surface area contributed by atoms with Gasteiger partial charge in [-0.25, -0.2) is 4.79 Å². The Morgan fingerprint density at radius 1 is 1.40 bits per heavy atom. The van der Waals surface area contributed by atoms with Gasteiger partial charge in [0, 0.05) is 17.0 Å². The van der Waals surface area contributed by atoms with Crippen molar-refractivity contribution in [1.82, 2.24) is 4.98 Å². The summed E-state index contributed by atoms with van der Waals surface area (Å²) in [7, 11) is 0. The molecule has 1 aliphatic rings. The van der Waals surface area contributed by atoms with Gasteiger partial charge in [-0.1, -0.05) is 30.1 Å². The van der Waals surface area contributed by atoms with Crippen molar-refractivity contribution < 1.29 is 9.90 Å². The van der Waals surface area contributed by atoms with Gasteiger partial charge < -0.3 is 5.11 Å². The molecular weight excluding hydrogens is 297 g/mol. The molecule has 1 heterocycles. The van der Waals surface area contributed by atoms with Crippen LogP contribution in [0.25, 0.3) is 10.9 Å². The maximum atomic E-state index is 11.7. The van der Waals surface area contributed by atoms with Crippen LogP contribution in [-0.2, 0) is 6.42 Å². The molecule has 3 rings (SSSR count). The standard InChI is InChI=1S/C15H13Cl2NO2/c1-2-7-3-4-8-11(15(19)20)12-9(16)5-6-10(17)14(12)18-13(7)8/h5-7H,2-4H2,1H3,(H,19,20). The topological polar surface area (TPSA) is 50.2 Å². The van der Waals surface area contributed by atoms with Crippen molar-refractivity contribution in [3.05, 3.63) is 39.0 Å². The lowest BCUT2D eigenvalue weighted by Gasteiger charge is -2.13. The van der Waals surface area contributed by atoms with Crippen LogP contribution in [0.2, 0.25) is 10.0 Å². The number of halogens is 2. The highest BCUT2D eigenvalue weighted by Gasteiger charge is 2.30. The van der Waals surface area contributed by atoms with Gasteiger partial charge in [0.15, 0.2) is 0 Å². The third-order valence-corrected chi connectivity index (χ3v) is 4.63. The number of carbonyl (C=O) groups is 1. The van der Waals surface area contributed by atoms with Crippen LogP contribution in [0.3, 0.4) is 0 Å². The summed E-state index contributed by atoms with van der Waals surface area (Å²) in [6.07, 6.45) is 2.62. The van der Waals surface area contributed by atoms with E-state index in [2.05, 4.69) is 11.9 Å². The second-order valence-corrected chi connectivity index (χ2v) is 5.87. The van der Waals surface area contributed by atoms with Crippen LogP contribution in [0, 0.1) is 0 Å². The molecule has 0 spiro atoms. The number of hydrogen-bond donors (Lipinski definition) is 1. The van der Waals surface area contributed by atoms with Crippen molar-refractivity contribution in [2.75, 3.05) is 0 Å². The van der Waals surface area contributed by atoms with E-state index < -0.39 is 5.97 Å². The number of benzene rings is 1. The number of aromatic carboxylic acids is 1. The predicted molar refractivity (Wildman–Crippen MR) is 80.1 cm³/mol. The first-order valence-corrected chi connectivity index (χ1v) is 7.34. The zero-order valence-electron chi connectivity index (χ0n) is 10.9. The third-order valence-electron chi connectivity index (χ3n) is 4.01. The van der Waals surface area contributed by atoms with Crippen molar-refractivity contribution in [2.45, 2.75) is 32.1 Å². The Hall–Kier alpha value is -1.32. The molecule has 1 aromatic carbocycles. The lowest BCUT2D eigenvalue weighted by atomic mass is 9.99. The molecule has 0 bridgehead atoms. The van der Waals surface area contributed by atoms with Crippen molar-refractivity contribution in [3.8, 4) is 0 Å². The van der Waals surface area contributed by atoms with Gasteiger partial charge in [-0.2, -0.15) is 0 Å². The first kappa shape index (κ1) is 13.7. The Balaban J connectivity index is 2.47. The third kappa shape index (κ3) is 1.88. The maximum Gasteiger partial charge on any atom is 0.336 e. The van der Waals surface area contributed by atoms with E-state index in [1.54, 1.807) is 12.1 Å². The average molecular weight is 310 g/mol. The smallest absolute Gasteiger partial charge is 0.336 e. The van der Waals surface area contributed by atoms with Crippen LogP contribution in [0.1, 0.15) is 47.3 Å². The minimum absolute atomic E-state index is 0.272. The summed E-state index contributed by atoms with van der Waals surface area (Å²) in [6, 6.07) is 3.28. The zero-order chi connectivity index (χ0) is 14.4. The number of hydrogen-bond acceptors (Lipinski definition) is 2. The molecule has 0 saturated heterocycles. The Morgan fingerprint density at radius 2 is 2.10 bits per heavy atom. The molecule has 20 heavy (non-hydrogen) atoms. The van der Waals surface area contributed by atoms with E-state index in [4.69, 9.17) is 23.2 Å². The van der Waals surface area contributed by atoms with Crippen molar-refractivity contribution in [3.63, 3.8) is 0 Å². The highest BCUT2D eigenvalue weighted by atomic mass is 35.5. The van der Waals surface area contributed by atoms with E-state index in [0.29, 0.717) is 26.9 Å². The molecule has 1 aliphatic carbocycles. The Morgan fingerprint density at radius 3 is 2.75 bits per heavy atom. The molecule has 5 heteroatoms. The second-order valence-electron chi connectivity index (χ2n) is 5.05. The lowest BCUT2D eigenvalue weighted by molar-refractivity contribution is 0.0698. The molecule has 0 amide bonds. The fourth-order valence-electron chi connectivity index (χ4n) is 3.03. The van der Waals surface area contributed by atoms with Crippen LogP contribution in [-0.4, -0.2) is 16.1 Å². The molecule has 2 aromatic rings. The van der Waals surface area contributed by atoms with Gasteiger partial charge in [-0.3, -0.25) is 4.98 Å². The molecule has 3 nitrogen and oxygen atoms in total. The monoisotopic (exact) mass is 309 g/mol. The van der Waals surface area contributed by atoms with Crippen LogP contribution in [0.4, 0.5) is 0 Å². The van der Waals surface area contributed by atoms with Gasteiger partial charge in [0.2, 0.25) is 0 Å². The maximum absolute atomic E-state index is 11.7. The minimum Gasteiger partial charge on any atom is -0.478 e. The first-order valence-electron chi connectivity index (χ1n) is 6.58. The molecule has 104 valence electrons.